The summed E-state index contributed by atoms with van der Waals surface area (Å²) in [5.41, 5.74) is 6.95. The summed E-state index contributed by atoms with van der Waals surface area (Å²) in [7, 11) is 0. The van der Waals surface area contributed by atoms with Crippen LogP contribution in [0.1, 0.15) is 10.8 Å². The third-order valence-electron chi connectivity index (χ3n) is 2.34. The van der Waals surface area contributed by atoms with Crippen molar-refractivity contribution in [2.75, 3.05) is 6.54 Å². The first-order valence-corrected chi connectivity index (χ1v) is 6.58. The van der Waals surface area contributed by atoms with Crippen molar-refractivity contribution in [3.63, 3.8) is 0 Å². The highest BCUT2D eigenvalue weighted by Gasteiger charge is 2.12. The van der Waals surface area contributed by atoms with Crippen LogP contribution in [-0.2, 0) is 0 Å². The smallest absolute Gasteiger partial charge is 0.0966 e. The molecule has 0 aliphatic heterocycles. The predicted molar refractivity (Wildman–Crippen MR) is 73.3 cm³/mol. The largest absolute Gasteiger partial charge is 0.329 e. The number of benzene rings is 1. The zero-order valence-corrected chi connectivity index (χ0v) is 10.8. The van der Waals surface area contributed by atoms with E-state index < -0.39 is 0 Å². The molecule has 1 heterocycles. The van der Waals surface area contributed by atoms with E-state index in [1.165, 1.54) is 0 Å². The van der Waals surface area contributed by atoms with Crippen molar-refractivity contribution in [3.8, 4) is 0 Å². The Morgan fingerprint density at radius 1 is 1.24 bits per heavy atom. The van der Waals surface area contributed by atoms with Crippen LogP contribution >= 0.6 is 23.4 Å². The van der Waals surface area contributed by atoms with Crippen molar-refractivity contribution in [1.29, 1.82) is 0 Å². The van der Waals surface area contributed by atoms with Crippen LogP contribution in [-0.4, -0.2) is 11.5 Å². The first-order chi connectivity index (χ1) is 8.29. The first-order valence-electron chi connectivity index (χ1n) is 5.33. The summed E-state index contributed by atoms with van der Waals surface area (Å²) in [6, 6.07) is 13.7. The number of rotatable bonds is 4. The lowest BCUT2D eigenvalue weighted by molar-refractivity contribution is 0.935. The lowest BCUT2D eigenvalue weighted by atomic mass is 10.1. The molecule has 0 spiro atoms. The third-order valence-corrected chi connectivity index (χ3v) is 3.80. The van der Waals surface area contributed by atoms with Gasteiger partial charge in [0, 0.05) is 23.0 Å². The molecular formula is C13H13ClN2S. The highest BCUT2D eigenvalue weighted by atomic mass is 35.5. The van der Waals surface area contributed by atoms with Crippen LogP contribution in [0.25, 0.3) is 0 Å². The average Bonchev–Trinajstić information content (AvgIpc) is 2.37. The molecule has 2 nitrogen and oxygen atoms in total. The van der Waals surface area contributed by atoms with Crippen molar-refractivity contribution in [1.82, 2.24) is 4.98 Å². The molecular weight excluding hydrogens is 252 g/mol. The molecule has 0 saturated heterocycles. The maximum atomic E-state index is 5.98. The second-order valence-electron chi connectivity index (χ2n) is 3.57. The van der Waals surface area contributed by atoms with Gasteiger partial charge in [0.05, 0.1) is 5.03 Å². The van der Waals surface area contributed by atoms with Crippen LogP contribution < -0.4 is 5.73 Å². The quantitative estimate of drug-likeness (QED) is 0.859. The second kappa shape index (κ2) is 6.05. The second-order valence-corrected chi connectivity index (χ2v) is 5.22. The van der Waals surface area contributed by atoms with Crippen LogP contribution in [0.15, 0.2) is 53.7 Å². The van der Waals surface area contributed by atoms with Crippen LogP contribution in [0.3, 0.4) is 0 Å². The maximum absolute atomic E-state index is 5.98. The molecule has 2 N–H and O–H groups in total. The molecule has 4 heteroatoms. The van der Waals surface area contributed by atoms with E-state index in [2.05, 4.69) is 4.98 Å². The Kier molecular flexibility index (Phi) is 4.42. The number of nitrogens with zero attached hydrogens (tertiary/aromatic N) is 1. The van der Waals surface area contributed by atoms with Crippen molar-refractivity contribution in [2.24, 2.45) is 5.73 Å². The van der Waals surface area contributed by atoms with Gasteiger partial charge in [-0.1, -0.05) is 41.6 Å². The third kappa shape index (κ3) is 3.46. The zero-order chi connectivity index (χ0) is 12.1. The normalized spacial score (nSPS) is 12.4. The van der Waals surface area contributed by atoms with E-state index in [0.29, 0.717) is 6.54 Å². The minimum Gasteiger partial charge on any atom is -0.329 e. The van der Waals surface area contributed by atoms with Crippen molar-refractivity contribution in [2.45, 2.75) is 10.3 Å². The molecule has 17 heavy (non-hydrogen) atoms. The molecule has 88 valence electrons. The molecule has 0 amide bonds. The van der Waals surface area contributed by atoms with Gasteiger partial charge in [-0.25, -0.2) is 4.98 Å². The summed E-state index contributed by atoms with van der Waals surface area (Å²) in [6.07, 6.45) is 1.79. The van der Waals surface area contributed by atoms with E-state index in [4.69, 9.17) is 17.3 Å². The fourth-order valence-corrected chi connectivity index (χ4v) is 2.67. The topological polar surface area (TPSA) is 38.9 Å². The van der Waals surface area contributed by atoms with E-state index in [0.717, 1.165) is 15.6 Å². The highest BCUT2D eigenvalue weighted by molar-refractivity contribution is 7.99. The molecule has 1 aromatic carbocycles. The Balaban J connectivity index is 2.17. The molecule has 1 unspecified atom stereocenters. The number of hydrogen-bond acceptors (Lipinski definition) is 3. The van der Waals surface area contributed by atoms with Gasteiger partial charge in [-0.05, 0) is 29.8 Å². The summed E-state index contributed by atoms with van der Waals surface area (Å²) >= 11 is 7.64. The molecule has 1 atom stereocenters. The van der Waals surface area contributed by atoms with Gasteiger partial charge in [-0.2, -0.15) is 0 Å². The monoisotopic (exact) mass is 264 g/mol. The Morgan fingerprint density at radius 3 is 2.76 bits per heavy atom. The molecule has 0 radical (unpaired) electrons. The number of hydrogen-bond donors (Lipinski definition) is 1. The minimum absolute atomic E-state index is 0.184. The van der Waals surface area contributed by atoms with Crippen molar-refractivity contribution < 1.29 is 0 Å². The molecule has 1 aromatic heterocycles. The highest BCUT2D eigenvalue weighted by Crippen LogP contribution is 2.33. The van der Waals surface area contributed by atoms with E-state index in [1.54, 1.807) is 18.0 Å². The van der Waals surface area contributed by atoms with E-state index >= 15 is 0 Å². The lowest BCUT2D eigenvalue weighted by Gasteiger charge is -2.14. The maximum Gasteiger partial charge on any atom is 0.0966 e. The number of nitrogens with two attached hydrogens (primary N) is 1. The summed E-state index contributed by atoms with van der Waals surface area (Å²) in [4.78, 5) is 4.29. The minimum atomic E-state index is 0.184. The SMILES string of the molecule is NCC(Sc1ccccn1)c1cccc(Cl)c1. The van der Waals surface area contributed by atoms with Crippen LogP contribution in [0, 0.1) is 0 Å². The van der Waals surface area contributed by atoms with Gasteiger partial charge in [-0.15, -0.1) is 0 Å². The summed E-state index contributed by atoms with van der Waals surface area (Å²) in [6.45, 7) is 0.557. The van der Waals surface area contributed by atoms with E-state index in [1.807, 2.05) is 42.5 Å². The Bertz CT molecular complexity index is 476. The molecule has 2 rings (SSSR count). The van der Waals surface area contributed by atoms with Gasteiger partial charge in [0.15, 0.2) is 0 Å². The first kappa shape index (κ1) is 12.4. The molecule has 0 bridgehead atoms. The van der Waals surface area contributed by atoms with E-state index in [9.17, 15) is 0 Å². The van der Waals surface area contributed by atoms with Gasteiger partial charge >= 0.3 is 0 Å². The Morgan fingerprint density at radius 2 is 2.12 bits per heavy atom. The Labute approximate surface area is 110 Å². The fourth-order valence-electron chi connectivity index (χ4n) is 1.52. The van der Waals surface area contributed by atoms with Crippen LogP contribution in [0.5, 0.6) is 0 Å². The molecule has 0 saturated carbocycles. The Hall–Kier alpha value is -1.03. The van der Waals surface area contributed by atoms with Gasteiger partial charge in [0.2, 0.25) is 0 Å². The summed E-state index contributed by atoms with van der Waals surface area (Å²) in [5.74, 6) is 0. The number of halogens is 1. The molecule has 0 aliphatic carbocycles. The van der Waals surface area contributed by atoms with Crippen molar-refractivity contribution >= 4 is 23.4 Å². The number of pyridine rings is 1. The standard InChI is InChI=1S/C13H13ClN2S/c14-11-5-3-4-10(8-11)12(9-15)17-13-6-1-2-7-16-13/h1-8,12H,9,15H2. The number of aromatic nitrogens is 1. The van der Waals surface area contributed by atoms with E-state index in [-0.39, 0.29) is 5.25 Å². The van der Waals surface area contributed by atoms with Gasteiger partial charge in [-0.3, -0.25) is 0 Å². The molecule has 0 fully saturated rings. The average molecular weight is 265 g/mol. The lowest BCUT2D eigenvalue weighted by Crippen LogP contribution is -2.09. The van der Waals surface area contributed by atoms with Crippen LogP contribution in [0.2, 0.25) is 5.02 Å². The predicted octanol–water partition coefficient (Wildman–Crippen LogP) is 3.53. The van der Waals surface area contributed by atoms with Gasteiger partial charge < -0.3 is 5.73 Å². The molecule has 2 aromatic rings. The van der Waals surface area contributed by atoms with Gasteiger partial charge in [0.1, 0.15) is 0 Å². The summed E-state index contributed by atoms with van der Waals surface area (Å²) in [5, 5.41) is 1.90. The van der Waals surface area contributed by atoms with Crippen LogP contribution in [0.4, 0.5) is 0 Å². The fraction of sp³-hybridized carbons (Fsp3) is 0.154. The zero-order valence-electron chi connectivity index (χ0n) is 9.21. The summed E-state index contributed by atoms with van der Waals surface area (Å²) < 4.78 is 0. The molecule has 0 aliphatic rings. The number of thioether (sulfide) groups is 1. The van der Waals surface area contributed by atoms with Gasteiger partial charge in [0.25, 0.3) is 0 Å². The van der Waals surface area contributed by atoms with Crippen molar-refractivity contribution in [3.05, 3.63) is 59.2 Å².